The maximum Gasteiger partial charge on any atom is 0.407 e. The number of imidazole rings is 2. The van der Waals surface area contributed by atoms with Crippen LogP contribution in [-0.4, -0.2) is 101 Å². The number of nitrogens with one attached hydrogen (secondary N) is 3. The van der Waals surface area contributed by atoms with Crippen LogP contribution in [0.2, 0.25) is 0 Å². The van der Waals surface area contributed by atoms with Crippen LogP contribution in [0.15, 0.2) is 54.7 Å². The highest BCUT2D eigenvalue weighted by atomic mass is 32.2. The minimum absolute atomic E-state index is 0.0503. The number of ether oxygens (including phenoxy) is 1. The lowest BCUT2D eigenvalue weighted by atomic mass is 10.0. The Morgan fingerprint density at radius 1 is 0.823 bits per heavy atom. The second-order valence-corrected chi connectivity index (χ2v) is 19.8. The van der Waals surface area contributed by atoms with E-state index in [2.05, 4.69) is 69.3 Å². The van der Waals surface area contributed by atoms with E-state index in [1.165, 1.54) is 18.5 Å². The number of aromatic amines is 2. The van der Waals surface area contributed by atoms with Gasteiger partial charge in [0.25, 0.3) is 0 Å². The maximum absolute atomic E-state index is 13.8. The SMILES string of the molecule is COC(=O)N[C@H](C(=O)N1CCC[C@H]1c1nc2ccc([C@H]3CC[C@H](c4ccc5nc([C@@H]6CCCN6C(=O)CC(C)C)[nH]c5c4)N3c3ccc(N(C)S(C)(=O)=O)nc3)cc2[nH]1)C(C)C. The van der Waals surface area contributed by atoms with Crippen LogP contribution in [0.3, 0.4) is 0 Å². The highest BCUT2D eigenvalue weighted by Crippen LogP contribution is 2.48. The van der Waals surface area contributed by atoms with Gasteiger partial charge in [-0.05, 0) is 97.9 Å². The van der Waals surface area contributed by atoms with Crippen molar-refractivity contribution in [1.29, 1.82) is 0 Å². The molecular formula is C45H58N10O6S. The van der Waals surface area contributed by atoms with E-state index in [9.17, 15) is 22.8 Å². The molecule has 62 heavy (non-hydrogen) atoms. The van der Waals surface area contributed by atoms with Gasteiger partial charge >= 0.3 is 6.09 Å². The maximum atomic E-state index is 13.8. The third-order valence-electron chi connectivity index (χ3n) is 12.8. The van der Waals surface area contributed by atoms with E-state index >= 15 is 0 Å². The van der Waals surface area contributed by atoms with Crippen molar-refractivity contribution >= 4 is 61.5 Å². The highest BCUT2D eigenvalue weighted by Gasteiger charge is 2.39. The predicted molar refractivity (Wildman–Crippen MR) is 238 cm³/mol. The fourth-order valence-electron chi connectivity index (χ4n) is 9.55. The van der Waals surface area contributed by atoms with Crippen molar-refractivity contribution in [2.24, 2.45) is 11.8 Å². The van der Waals surface area contributed by atoms with E-state index in [0.717, 1.165) is 96.0 Å². The van der Waals surface area contributed by atoms with Crippen molar-refractivity contribution in [3.8, 4) is 0 Å². The molecule has 6 heterocycles. The summed E-state index contributed by atoms with van der Waals surface area (Å²) < 4.78 is 30.8. The minimum Gasteiger partial charge on any atom is -0.453 e. The molecule has 8 rings (SSSR count). The Morgan fingerprint density at radius 2 is 1.39 bits per heavy atom. The number of hydrogen-bond acceptors (Lipinski definition) is 10. The van der Waals surface area contributed by atoms with Crippen LogP contribution in [0.1, 0.15) is 120 Å². The number of alkyl carbamates (subject to hydrolysis) is 1. The average molecular weight is 867 g/mol. The van der Waals surface area contributed by atoms with Gasteiger partial charge in [-0.2, -0.15) is 0 Å². The lowest BCUT2D eigenvalue weighted by Gasteiger charge is -2.33. The Balaban J connectivity index is 1.11. The number of anilines is 2. The van der Waals surface area contributed by atoms with Gasteiger partial charge < -0.3 is 34.7 Å². The first-order valence-corrected chi connectivity index (χ1v) is 23.6. The minimum atomic E-state index is -3.51. The number of aromatic nitrogens is 5. The molecule has 3 N–H and O–H groups in total. The molecule has 330 valence electrons. The van der Waals surface area contributed by atoms with Crippen molar-refractivity contribution in [3.05, 3.63) is 77.5 Å². The molecule has 3 fully saturated rings. The molecule has 5 atom stereocenters. The number of likely N-dealkylation sites (tertiary alicyclic amines) is 2. The molecule has 5 aromatic rings. The number of amides is 3. The van der Waals surface area contributed by atoms with Gasteiger partial charge in [0.2, 0.25) is 21.8 Å². The fraction of sp³-hybridized carbons (Fsp3) is 0.511. The second kappa shape index (κ2) is 17.2. The van der Waals surface area contributed by atoms with Gasteiger partial charge in [-0.15, -0.1) is 0 Å². The van der Waals surface area contributed by atoms with Gasteiger partial charge in [-0.25, -0.2) is 28.2 Å². The monoisotopic (exact) mass is 866 g/mol. The number of fused-ring (bicyclic) bond motifs is 2. The van der Waals surface area contributed by atoms with Gasteiger partial charge in [0.15, 0.2) is 0 Å². The predicted octanol–water partition coefficient (Wildman–Crippen LogP) is 7.07. The first-order valence-electron chi connectivity index (χ1n) is 21.7. The lowest BCUT2D eigenvalue weighted by Crippen LogP contribution is -2.51. The number of carbonyl (C=O) groups is 3. The van der Waals surface area contributed by atoms with Crippen LogP contribution in [0.25, 0.3) is 22.1 Å². The number of benzene rings is 2. The molecule has 0 spiro atoms. The zero-order valence-electron chi connectivity index (χ0n) is 36.6. The summed E-state index contributed by atoms with van der Waals surface area (Å²) in [4.78, 5) is 67.0. The molecule has 0 radical (unpaired) electrons. The summed E-state index contributed by atoms with van der Waals surface area (Å²) in [6.07, 6.45) is 7.83. The molecule has 3 saturated heterocycles. The van der Waals surface area contributed by atoms with E-state index in [1.807, 2.05) is 35.8 Å². The van der Waals surface area contributed by atoms with E-state index < -0.39 is 22.2 Å². The van der Waals surface area contributed by atoms with E-state index in [4.69, 9.17) is 14.7 Å². The Morgan fingerprint density at radius 3 is 1.89 bits per heavy atom. The molecule has 0 bridgehead atoms. The molecule has 2 aromatic carbocycles. The smallest absolute Gasteiger partial charge is 0.407 e. The summed E-state index contributed by atoms with van der Waals surface area (Å²) >= 11 is 0. The van der Waals surface area contributed by atoms with Crippen LogP contribution in [-0.2, 0) is 24.3 Å². The van der Waals surface area contributed by atoms with Gasteiger partial charge in [0.1, 0.15) is 23.5 Å². The number of hydrogen-bond donors (Lipinski definition) is 3. The molecule has 3 amide bonds. The first-order chi connectivity index (χ1) is 29.6. The van der Waals surface area contributed by atoms with Crippen molar-refractivity contribution in [1.82, 2.24) is 40.0 Å². The van der Waals surface area contributed by atoms with Gasteiger partial charge in [0.05, 0.1) is 71.5 Å². The highest BCUT2D eigenvalue weighted by molar-refractivity contribution is 7.92. The summed E-state index contributed by atoms with van der Waals surface area (Å²) in [6.45, 7) is 9.24. The number of H-pyrrole nitrogens is 2. The summed E-state index contributed by atoms with van der Waals surface area (Å²) in [7, 11) is -0.727. The van der Waals surface area contributed by atoms with Crippen LogP contribution in [0, 0.1) is 11.8 Å². The van der Waals surface area contributed by atoms with Crippen molar-refractivity contribution in [3.63, 3.8) is 0 Å². The Hall–Kier alpha value is -5.71. The number of carbonyl (C=O) groups excluding carboxylic acids is 3. The number of sulfonamides is 1. The third-order valence-corrected chi connectivity index (χ3v) is 14.0. The zero-order chi connectivity index (χ0) is 44.0. The topological polar surface area (TPSA) is 190 Å². The lowest BCUT2D eigenvalue weighted by molar-refractivity contribution is -0.135. The average Bonchev–Trinajstić information content (AvgIpc) is 4.09. The number of rotatable bonds is 12. The summed E-state index contributed by atoms with van der Waals surface area (Å²) in [6, 6.07) is 15.1. The Kier molecular flexibility index (Phi) is 11.9. The van der Waals surface area contributed by atoms with Crippen molar-refractivity contribution < 1.29 is 27.5 Å². The number of nitrogens with zero attached hydrogens (tertiary/aromatic N) is 7. The molecule has 3 aliphatic heterocycles. The van der Waals surface area contributed by atoms with Crippen molar-refractivity contribution in [2.45, 2.75) is 103 Å². The normalized spacial score (nSPS) is 21.1. The number of pyridine rings is 1. The molecule has 17 heteroatoms. The van der Waals surface area contributed by atoms with Gasteiger partial charge in [-0.3, -0.25) is 13.9 Å². The van der Waals surface area contributed by atoms with E-state index in [1.54, 1.807) is 12.3 Å². The standard InChI is InChI=1S/C45H58N10O6S/c1-26(2)22-40(56)53-20-8-10-37(53)42-47-31-15-12-28(23-33(31)49-42)35-17-18-36(55(35)30-14-19-39(46-25-30)52(5)62(7,59)60)29-13-16-32-34(24-29)50-43(48-32)38-11-9-21-54(38)44(57)41(27(3)4)51-45(58)61-6/h12-16,19,23-27,35-38,41H,8-11,17-18,20-22H2,1-7H3,(H,47,49)(H,48,50)(H,51,58)/t35-,36-,37+,38+,41+/m1/s1. The Bertz CT molecular complexity index is 2570. The Labute approximate surface area is 362 Å². The van der Waals surface area contributed by atoms with Crippen molar-refractivity contribution in [2.75, 3.05) is 42.7 Å². The molecule has 3 aliphatic rings. The second-order valence-electron chi connectivity index (χ2n) is 17.8. The van der Waals surface area contributed by atoms with Crippen LogP contribution >= 0.6 is 0 Å². The van der Waals surface area contributed by atoms with E-state index in [-0.39, 0.29) is 47.8 Å². The molecule has 3 aromatic heterocycles. The summed E-state index contributed by atoms with van der Waals surface area (Å²) in [5.74, 6) is 2.01. The van der Waals surface area contributed by atoms with Crippen LogP contribution in [0.5, 0.6) is 0 Å². The molecular weight excluding hydrogens is 809 g/mol. The summed E-state index contributed by atoms with van der Waals surface area (Å²) in [5.41, 5.74) is 6.44. The fourth-order valence-corrected chi connectivity index (χ4v) is 9.99. The van der Waals surface area contributed by atoms with Crippen LogP contribution in [0.4, 0.5) is 16.3 Å². The quantitative estimate of drug-likeness (QED) is 0.117. The third kappa shape index (κ3) is 8.42. The van der Waals surface area contributed by atoms with Crippen LogP contribution < -0.4 is 14.5 Å². The van der Waals surface area contributed by atoms with Gasteiger partial charge in [0, 0.05) is 26.6 Å². The van der Waals surface area contributed by atoms with E-state index in [0.29, 0.717) is 24.6 Å². The summed E-state index contributed by atoms with van der Waals surface area (Å²) in [5, 5.41) is 2.72. The molecule has 0 saturated carbocycles. The number of methoxy groups -OCH3 is 1. The molecule has 0 aliphatic carbocycles. The molecule has 16 nitrogen and oxygen atoms in total. The molecule has 0 unspecified atom stereocenters. The van der Waals surface area contributed by atoms with Gasteiger partial charge in [-0.1, -0.05) is 39.8 Å². The largest absolute Gasteiger partial charge is 0.453 e. The zero-order valence-corrected chi connectivity index (χ0v) is 37.4. The first kappa shape index (κ1) is 43.0.